The average molecular weight is 277 g/mol. The van der Waals surface area contributed by atoms with Crippen molar-refractivity contribution in [1.29, 1.82) is 0 Å². The number of hydrogen-bond acceptors (Lipinski definition) is 3. The molecule has 0 radical (unpaired) electrons. The van der Waals surface area contributed by atoms with Crippen LogP contribution in [0, 0.1) is 11.8 Å². The Bertz CT molecular complexity index is 423. The summed E-state index contributed by atoms with van der Waals surface area (Å²) in [6.45, 7) is 4.68. The summed E-state index contributed by atoms with van der Waals surface area (Å²) < 4.78 is 10.6. The van der Waals surface area contributed by atoms with Gasteiger partial charge in [-0.15, -0.1) is 0 Å². The Balaban J connectivity index is 1.94. The minimum atomic E-state index is 0.586. The maximum Gasteiger partial charge on any atom is 0.162 e. The highest BCUT2D eigenvalue weighted by Crippen LogP contribution is 2.33. The van der Waals surface area contributed by atoms with Crippen LogP contribution < -0.4 is 14.8 Å². The molecule has 1 aliphatic rings. The third kappa shape index (κ3) is 3.59. The molecule has 0 atom stereocenters. The van der Waals surface area contributed by atoms with Crippen LogP contribution in [0.1, 0.15) is 39.5 Å². The van der Waals surface area contributed by atoms with Gasteiger partial charge in [0.15, 0.2) is 11.5 Å². The Hall–Kier alpha value is -1.38. The van der Waals surface area contributed by atoms with Crippen LogP contribution in [-0.2, 0) is 0 Å². The van der Waals surface area contributed by atoms with Gasteiger partial charge >= 0.3 is 0 Å². The molecule has 0 spiro atoms. The molecule has 1 N–H and O–H groups in total. The first kappa shape index (κ1) is 15.0. The van der Waals surface area contributed by atoms with Gasteiger partial charge in [-0.3, -0.25) is 0 Å². The molecule has 2 rings (SSSR count). The van der Waals surface area contributed by atoms with Crippen LogP contribution in [0.4, 0.5) is 5.69 Å². The maximum absolute atomic E-state index is 5.35. The molecule has 0 aromatic heterocycles. The van der Waals surface area contributed by atoms with E-state index < -0.39 is 0 Å². The molecule has 0 bridgehead atoms. The highest BCUT2D eigenvalue weighted by Gasteiger charge is 2.23. The standard InChI is InChI=1S/C17H27NO2/c1-12(2)13-5-7-14(8-6-13)18-15-9-10-16(19-3)17(11-15)20-4/h9-14,18H,5-8H2,1-4H3. The lowest BCUT2D eigenvalue weighted by molar-refractivity contribution is 0.267. The zero-order valence-corrected chi connectivity index (χ0v) is 13.1. The lowest BCUT2D eigenvalue weighted by atomic mass is 9.79. The van der Waals surface area contributed by atoms with Gasteiger partial charge < -0.3 is 14.8 Å². The largest absolute Gasteiger partial charge is 0.493 e. The SMILES string of the molecule is COc1ccc(NC2CCC(C(C)C)CC2)cc1OC. The molecule has 112 valence electrons. The van der Waals surface area contributed by atoms with E-state index in [9.17, 15) is 0 Å². The molecule has 0 saturated heterocycles. The summed E-state index contributed by atoms with van der Waals surface area (Å²) in [6.07, 6.45) is 5.19. The lowest BCUT2D eigenvalue weighted by Gasteiger charge is -2.32. The average Bonchev–Trinajstić information content (AvgIpc) is 2.47. The van der Waals surface area contributed by atoms with Gasteiger partial charge in [-0.25, -0.2) is 0 Å². The van der Waals surface area contributed by atoms with Gasteiger partial charge in [-0.05, 0) is 49.7 Å². The van der Waals surface area contributed by atoms with E-state index in [0.29, 0.717) is 6.04 Å². The van der Waals surface area contributed by atoms with Gasteiger partial charge in [0.2, 0.25) is 0 Å². The number of methoxy groups -OCH3 is 2. The van der Waals surface area contributed by atoms with Crippen molar-refractivity contribution in [3.8, 4) is 11.5 Å². The smallest absolute Gasteiger partial charge is 0.162 e. The Morgan fingerprint density at radius 1 is 1.00 bits per heavy atom. The van der Waals surface area contributed by atoms with E-state index >= 15 is 0 Å². The minimum absolute atomic E-state index is 0.586. The molecule has 1 saturated carbocycles. The molecule has 0 amide bonds. The molecular formula is C17H27NO2. The highest BCUT2D eigenvalue weighted by molar-refractivity contribution is 5.55. The van der Waals surface area contributed by atoms with Gasteiger partial charge in [0, 0.05) is 17.8 Å². The van der Waals surface area contributed by atoms with Crippen LogP contribution in [0.15, 0.2) is 18.2 Å². The van der Waals surface area contributed by atoms with Gasteiger partial charge in [0.25, 0.3) is 0 Å². The zero-order valence-electron chi connectivity index (χ0n) is 13.1. The number of anilines is 1. The number of ether oxygens (including phenoxy) is 2. The predicted molar refractivity (Wildman–Crippen MR) is 83.8 cm³/mol. The summed E-state index contributed by atoms with van der Waals surface area (Å²) in [5.41, 5.74) is 1.12. The van der Waals surface area contributed by atoms with E-state index in [-0.39, 0.29) is 0 Å². The van der Waals surface area contributed by atoms with Gasteiger partial charge in [0.05, 0.1) is 14.2 Å². The zero-order chi connectivity index (χ0) is 14.5. The monoisotopic (exact) mass is 277 g/mol. The molecule has 1 aliphatic carbocycles. The summed E-state index contributed by atoms with van der Waals surface area (Å²) in [5.74, 6) is 3.28. The molecule has 1 fully saturated rings. The second kappa shape index (κ2) is 6.87. The normalized spacial score (nSPS) is 22.6. The molecule has 1 aromatic carbocycles. The summed E-state index contributed by atoms with van der Waals surface area (Å²) in [5, 5.41) is 3.63. The third-order valence-corrected chi connectivity index (χ3v) is 4.47. The van der Waals surface area contributed by atoms with E-state index in [1.165, 1.54) is 25.7 Å². The number of nitrogens with one attached hydrogen (secondary N) is 1. The van der Waals surface area contributed by atoms with Crippen molar-refractivity contribution in [1.82, 2.24) is 0 Å². The third-order valence-electron chi connectivity index (χ3n) is 4.47. The van der Waals surface area contributed by atoms with Crippen molar-refractivity contribution in [2.24, 2.45) is 11.8 Å². The van der Waals surface area contributed by atoms with E-state index in [1.807, 2.05) is 12.1 Å². The van der Waals surface area contributed by atoms with Crippen molar-refractivity contribution in [3.63, 3.8) is 0 Å². The fourth-order valence-electron chi connectivity index (χ4n) is 3.09. The number of rotatable bonds is 5. The molecule has 3 nitrogen and oxygen atoms in total. The van der Waals surface area contributed by atoms with Crippen LogP contribution in [-0.4, -0.2) is 20.3 Å². The second-order valence-corrected chi connectivity index (χ2v) is 6.07. The first-order chi connectivity index (χ1) is 9.63. The van der Waals surface area contributed by atoms with E-state index in [0.717, 1.165) is 29.0 Å². The van der Waals surface area contributed by atoms with E-state index in [2.05, 4.69) is 25.2 Å². The topological polar surface area (TPSA) is 30.5 Å². The predicted octanol–water partition coefficient (Wildman–Crippen LogP) is 4.33. The number of benzene rings is 1. The van der Waals surface area contributed by atoms with Crippen LogP contribution in [0.25, 0.3) is 0 Å². The van der Waals surface area contributed by atoms with Crippen molar-refractivity contribution in [3.05, 3.63) is 18.2 Å². The summed E-state index contributed by atoms with van der Waals surface area (Å²) in [6, 6.07) is 6.63. The van der Waals surface area contributed by atoms with Crippen molar-refractivity contribution < 1.29 is 9.47 Å². The number of hydrogen-bond donors (Lipinski definition) is 1. The molecule has 0 heterocycles. The maximum atomic E-state index is 5.35. The Morgan fingerprint density at radius 3 is 2.20 bits per heavy atom. The Kier molecular flexibility index (Phi) is 5.16. The molecule has 1 aromatic rings. The van der Waals surface area contributed by atoms with Crippen LogP contribution >= 0.6 is 0 Å². The molecule has 0 aliphatic heterocycles. The molecule has 0 unspecified atom stereocenters. The first-order valence-electron chi connectivity index (χ1n) is 7.62. The van der Waals surface area contributed by atoms with E-state index in [1.54, 1.807) is 14.2 Å². The van der Waals surface area contributed by atoms with E-state index in [4.69, 9.17) is 9.47 Å². The molecular weight excluding hydrogens is 250 g/mol. The van der Waals surface area contributed by atoms with Crippen molar-refractivity contribution >= 4 is 5.69 Å². The fraction of sp³-hybridized carbons (Fsp3) is 0.647. The summed E-state index contributed by atoms with van der Waals surface area (Å²) in [7, 11) is 3.34. The first-order valence-corrected chi connectivity index (χ1v) is 7.62. The van der Waals surface area contributed by atoms with Gasteiger partial charge in [0.1, 0.15) is 0 Å². The molecule has 20 heavy (non-hydrogen) atoms. The van der Waals surface area contributed by atoms with Gasteiger partial charge in [-0.1, -0.05) is 13.8 Å². The summed E-state index contributed by atoms with van der Waals surface area (Å²) in [4.78, 5) is 0. The summed E-state index contributed by atoms with van der Waals surface area (Å²) >= 11 is 0. The van der Waals surface area contributed by atoms with Crippen LogP contribution in [0.3, 0.4) is 0 Å². The lowest BCUT2D eigenvalue weighted by Crippen LogP contribution is -2.27. The fourth-order valence-corrected chi connectivity index (χ4v) is 3.09. The Labute approximate surface area is 122 Å². The Morgan fingerprint density at radius 2 is 1.65 bits per heavy atom. The quantitative estimate of drug-likeness (QED) is 0.869. The van der Waals surface area contributed by atoms with Crippen molar-refractivity contribution in [2.75, 3.05) is 19.5 Å². The van der Waals surface area contributed by atoms with Crippen LogP contribution in [0.5, 0.6) is 11.5 Å². The second-order valence-electron chi connectivity index (χ2n) is 6.07. The highest BCUT2D eigenvalue weighted by atomic mass is 16.5. The molecule has 3 heteroatoms. The van der Waals surface area contributed by atoms with Crippen LogP contribution in [0.2, 0.25) is 0 Å². The van der Waals surface area contributed by atoms with Crippen molar-refractivity contribution in [2.45, 2.75) is 45.6 Å². The van der Waals surface area contributed by atoms with Gasteiger partial charge in [-0.2, -0.15) is 0 Å². The minimum Gasteiger partial charge on any atom is -0.493 e.